The molecule has 2 aromatic rings. The molecular weight excluding hydrogens is 336 g/mol. The molecule has 1 aliphatic heterocycles. The van der Waals surface area contributed by atoms with Gasteiger partial charge in [-0.15, -0.1) is 0 Å². The molecule has 2 aliphatic rings. The molecule has 27 heavy (non-hydrogen) atoms. The summed E-state index contributed by atoms with van der Waals surface area (Å²) < 4.78 is 0. The highest BCUT2D eigenvalue weighted by atomic mass is 16.2. The van der Waals surface area contributed by atoms with Gasteiger partial charge in [0.25, 0.3) is 0 Å². The van der Waals surface area contributed by atoms with Crippen LogP contribution in [-0.4, -0.2) is 58.4 Å². The lowest BCUT2D eigenvalue weighted by atomic mass is 9.88. The first kappa shape index (κ1) is 18.0. The predicted octanol–water partition coefficient (Wildman–Crippen LogP) is 2.68. The number of fused-ring (bicyclic) bond motifs is 1. The Morgan fingerprint density at radius 3 is 2.78 bits per heavy atom. The van der Waals surface area contributed by atoms with Crippen molar-refractivity contribution in [1.29, 1.82) is 0 Å². The summed E-state index contributed by atoms with van der Waals surface area (Å²) in [6.07, 6.45) is 7.05. The van der Waals surface area contributed by atoms with E-state index in [0.29, 0.717) is 5.91 Å². The number of benzene rings is 1. The van der Waals surface area contributed by atoms with Crippen LogP contribution in [0.4, 0.5) is 0 Å². The van der Waals surface area contributed by atoms with Crippen LogP contribution < -0.4 is 0 Å². The van der Waals surface area contributed by atoms with Crippen LogP contribution in [0.15, 0.2) is 36.4 Å². The minimum Gasteiger partial charge on any atom is -0.346 e. The van der Waals surface area contributed by atoms with E-state index in [0.717, 1.165) is 63.5 Å². The third kappa shape index (κ3) is 4.30. The number of rotatable bonds is 4. The second kappa shape index (κ2) is 8.09. The second-order valence-corrected chi connectivity index (χ2v) is 7.63. The Bertz CT molecular complexity index is 803. The Balaban J connectivity index is 1.25. The van der Waals surface area contributed by atoms with Crippen LogP contribution in [0.2, 0.25) is 0 Å². The lowest BCUT2D eigenvalue weighted by Crippen LogP contribution is -2.50. The number of hydrogen-bond acceptors (Lipinski definition) is 3. The van der Waals surface area contributed by atoms with Crippen LogP contribution in [0, 0.1) is 12.8 Å². The SMILES string of the molecule is Cc1nc2c([nH]1)C[C@H](C(=O)N1CCN(C/C=C/c3ccccc3)CC1)CC2. The summed E-state index contributed by atoms with van der Waals surface area (Å²) in [5, 5.41) is 0. The number of piperazine rings is 1. The van der Waals surface area contributed by atoms with Gasteiger partial charge in [-0.05, 0) is 25.3 Å². The summed E-state index contributed by atoms with van der Waals surface area (Å²) >= 11 is 0. The monoisotopic (exact) mass is 364 g/mol. The molecule has 1 atom stereocenters. The first-order valence-electron chi connectivity index (χ1n) is 9.96. The maximum absolute atomic E-state index is 12.9. The van der Waals surface area contributed by atoms with Crippen molar-refractivity contribution in [3.8, 4) is 0 Å². The van der Waals surface area contributed by atoms with Gasteiger partial charge in [-0.1, -0.05) is 42.5 Å². The molecule has 4 rings (SSSR count). The highest BCUT2D eigenvalue weighted by molar-refractivity contribution is 5.79. The fourth-order valence-corrected chi connectivity index (χ4v) is 4.15. The van der Waals surface area contributed by atoms with Gasteiger partial charge in [-0.3, -0.25) is 9.69 Å². The number of H-pyrrole nitrogens is 1. The molecule has 1 saturated heterocycles. The maximum Gasteiger partial charge on any atom is 0.226 e. The molecule has 1 aromatic heterocycles. The van der Waals surface area contributed by atoms with Crippen molar-refractivity contribution in [2.45, 2.75) is 26.2 Å². The number of aryl methyl sites for hydroxylation is 2. The smallest absolute Gasteiger partial charge is 0.226 e. The number of aromatic amines is 1. The summed E-state index contributed by atoms with van der Waals surface area (Å²) in [7, 11) is 0. The van der Waals surface area contributed by atoms with Gasteiger partial charge in [0.15, 0.2) is 0 Å². The van der Waals surface area contributed by atoms with E-state index in [4.69, 9.17) is 0 Å². The quantitative estimate of drug-likeness (QED) is 0.907. The molecule has 1 aromatic carbocycles. The van der Waals surface area contributed by atoms with E-state index in [2.05, 4.69) is 56.2 Å². The van der Waals surface area contributed by atoms with Crippen LogP contribution in [0.25, 0.3) is 6.08 Å². The van der Waals surface area contributed by atoms with Crippen molar-refractivity contribution in [3.05, 3.63) is 59.2 Å². The number of imidazole rings is 1. The number of nitrogens with zero attached hydrogens (tertiary/aromatic N) is 3. The lowest BCUT2D eigenvalue weighted by molar-refractivity contribution is -0.137. The molecule has 0 unspecified atom stereocenters. The van der Waals surface area contributed by atoms with Crippen molar-refractivity contribution in [3.63, 3.8) is 0 Å². The molecule has 2 heterocycles. The summed E-state index contributed by atoms with van der Waals surface area (Å²) in [5.74, 6) is 1.40. The van der Waals surface area contributed by atoms with Gasteiger partial charge in [-0.2, -0.15) is 0 Å². The average Bonchev–Trinajstić information content (AvgIpc) is 3.08. The van der Waals surface area contributed by atoms with E-state index in [1.807, 2.05) is 13.0 Å². The minimum absolute atomic E-state index is 0.113. The molecule has 0 bridgehead atoms. The van der Waals surface area contributed by atoms with Crippen LogP contribution in [0.1, 0.15) is 29.2 Å². The number of carbonyl (C=O) groups excluding carboxylic acids is 1. The number of carbonyl (C=O) groups is 1. The van der Waals surface area contributed by atoms with Gasteiger partial charge in [0.1, 0.15) is 5.82 Å². The topological polar surface area (TPSA) is 52.2 Å². The molecule has 1 aliphatic carbocycles. The van der Waals surface area contributed by atoms with Gasteiger partial charge in [0, 0.05) is 50.8 Å². The van der Waals surface area contributed by atoms with Crippen molar-refractivity contribution in [1.82, 2.24) is 19.8 Å². The van der Waals surface area contributed by atoms with Crippen LogP contribution in [0.3, 0.4) is 0 Å². The van der Waals surface area contributed by atoms with E-state index >= 15 is 0 Å². The van der Waals surface area contributed by atoms with E-state index in [1.165, 1.54) is 11.3 Å². The Morgan fingerprint density at radius 2 is 2.00 bits per heavy atom. The molecule has 5 heteroatoms. The van der Waals surface area contributed by atoms with Crippen LogP contribution in [-0.2, 0) is 17.6 Å². The number of nitrogens with one attached hydrogen (secondary N) is 1. The summed E-state index contributed by atoms with van der Waals surface area (Å²) in [6.45, 7) is 6.50. The van der Waals surface area contributed by atoms with Gasteiger partial charge < -0.3 is 9.88 Å². The van der Waals surface area contributed by atoms with Crippen molar-refractivity contribution in [2.75, 3.05) is 32.7 Å². The number of aromatic nitrogens is 2. The number of amides is 1. The predicted molar refractivity (Wildman–Crippen MR) is 107 cm³/mol. The Labute approximate surface area is 161 Å². The zero-order valence-electron chi connectivity index (χ0n) is 16.0. The zero-order valence-corrected chi connectivity index (χ0v) is 16.0. The van der Waals surface area contributed by atoms with E-state index in [1.54, 1.807) is 0 Å². The highest BCUT2D eigenvalue weighted by Gasteiger charge is 2.31. The molecule has 0 saturated carbocycles. The van der Waals surface area contributed by atoms with Crippen molar-refractivity contribution in [2.24, 2.45) is 5.92 Å². The third-order valence-electron chi connectivity index (χ3n) is 5.67. The van der Waals surface area contributed by atoms with Crippen molar-refractivity contribution >= 4 is 12.0 Å². The minimum atomic E-state index is 0.113. The Hall–Kier alpha value is -2.40. The Morgan fingerprint density at radius 1 is 1.22 bits per heavy atom. The van der Waals surface area contributed by atoms with Gasteiger partial charge >= 0.3 is 0 Å². The first-order chi connectivity index (χ1) is 13.2. The average molecular weight is 364 g/mol. The summed E-state index contributed by atoms with van der Waals surface area (Å²) in [6, 6.07) is 10.4. The summed E-state index contributed by atoms with van der Waals surface area (Å²) in [5.41, 5.74) is 3.56. The fourth-order valence-electron chi connectivity index (χ4n) is 4.15. The van der Waals surface area contributed by atoms with Gasteiger partial charge in [-0.25, -0.2) is 4.98 Å². The Kier molecular flexibility index (Phi) is 5.39. The largest absolute Gasteiger partial charge is 0.346 e. The van der Waals surface area contributed by atoms with Gasteiger partial charge in [0.2, 0.25) is 5.91 Å². The molecule has 1 amide bonds. The molecule has 1 N–H and O–H groups in total. The molecule has 1 fully saturated rings. The third-order valence-corrected chi connectivity index (χ3v) is 5.67. The maximum atomic E-state index is 12.9. The summed E-state index contributed by atoms with van der Waals surface area (Å²) in [4.78, 5) is 25.3. The van der Waals surface area contributed by atoms with Crippen LogP contribution >= 0.6 is 0 Å². The molecule has 0 spiro atoms. The first-order valence-corrected chi connectivity index (χ1v) is 9.96. The molecule has 0 radical (unpaired) electrons. The van der Waals surface area contributed by atoms with Crippen LogP contribution in [0.5, 0.6) is 0 Å². The number of hydrogen-bond donors (Lipinski definition) is 1. The fraction of sp³-hybridized carbons (Fsp3) is 0.455. The highest BCUT2D eigenvalue weighted by Crippen LogP contribution is 2.25. The van der Waals surface area contributed by atoms with E-state index in [-0.39, 0.29) is 5.92 Å². The molecular formula is C22H28N4O. The van der Waals surface area contributed by atoms with E-state index < -0.39 is 0 Å². The van der Waals surface area contributed by atoms with Gasteiger partial charge in [0.05, 0.1) is 5.69 Å². The molecule has 142 valence electrons. The zero-order chi connectivity index (χ0) is 18.6. The standard InChI is InChI=1S/C22H28N4O/c1-17-23-20-10-9-19(16-21(20)24-17)22(27)26-14-12-25(13-15-26)11-5-8-18-6-3-2-4-7-18/h2-8,19H,9-16H2,1H3,(H,23,24)/b8-5+/t19-/m1/s1. The van der Waals surface area contributed by atoms with Crippen molar-refractivity contribution < 1.29 is 4.79 Å². The molecule has 5 nitrogen and oxygen atoms in total. The lowest BCUT2D eigenvalue weighted by Gasteiger charge is -2.36. The second-order valence-electron chi connectivity index (χ2n) is 7.63. The normalized spacial score (nSPS) is 20.8. The van der Waals surface area contributed by atoms with E-state index in [9.17, 15) is 4.79 Å².